The summed E-state index contributed by atoms with van der Waals surface area (Å²) in [5, 5.41) is 10.1. The topological polar surface area (TPSA) is 83.1 Å². The molecule has 142 valence electrons. The molecule has 0 radical (unpaired) electrons. The lowest BCUT2D eigenvalue weighted by molar-refractivity contribution is 0.0929. The smallest absolute Gasteiger partial charge is 0.257 e. The minimum atomic E-state index is -0.224. The van der Waals surface area contributed by atoms with E-state index in [1.807, 2.05) is 0 Å². The number of carbonyl (C=O) groups excluding carboxylic acids is 2. The zero-order chi connectivity index (χ0) is 18.6. The van der Waals surface area contributed by atoms with Gasteiger partial charge in [0, 0.05) is 23.3 Å². The fourth-order valence-electron chi connectivity index (χ4n) is 3.79. The van der Waals surface area contributed by atoms with Crippen LogP contribution in [0.25, 0.3) is 0 Å². The summed E-state index contributed by atoms with van der Waals surface area (Å²) in [5.74, 6) is -0.277. The van der Waals surface area contributed by atoms with E-state index in [4.69, 9.17) is 0 Å². The first kappa shape index (κ1) is 18.1. The maximum Gasteiger partial charge on any atom is 0.257 e. The fraction of sp³-hybridized carbons (Fsp3) is 0.450. The number of rotatable bonds is 4. The maximum atomic E-state index is 13.1. The third kappa shape index (κ3) is 4.04. The summed E-state index contributed by atoms with van der Waals surface area (Å²) in [6.07, 6.45) is 9.17. The van der Waals surface area contributed by atoms with Gasteiger partial charge < -0.3 is 16.0 Å². The Morgan fingerprint density at radius 2 is 1.96 bits per heavy atom. The van der Waals surface area contributed by atoms with Crippen LogP contribution in [0.15, 0.2) is 24.5 Å². The molecule has 3 N–H and O–H groups in total. The SMILES string of the molecule is O=C(Nc1sc2c(c1C(=O)NC1CCNCC1)CCCC2)c1cccnc1. The van der Waals surface area contributed by atoms with Crippen LogP contribution in [0, 0.1) is 0 Å². The summed E-state index contributed by atoms with van der Waals surface area (Å²) >= 11 is 1.55. The van der Waals surface area contributed by atoms with Crippen molar-refractivity contribution < 1.29 is 9.59 Å². The summed E-state index contributed by atoms with van der Waals surface area (Å²) in [5.41, 5.74) is 2.29. The van der Waals surface area contributed by atoms with E-state index in [0.717, 1.165) is 57.2 Å². The summed E-state index contributed by atoms with van der Waals surface area (Å²) in [6.45, 7) is 1.86. The van der Waals surface area contributed by atoms with Crippen molar-refractivity contribution >= 4 is 28.2 Å². The number of pyridine rings is 1. The highest BCUT2D eigenvalue weighted by molar-refractivity contribution is 7.17. The molecule has 2 amide bonds. The molecule has 3 heterocycles. The Bertz CT molecular complexity index is 828. The first-order chi connectivity index (χ1) is 13.2. The Morgan fingerprint density at radius 3 is 2.74 bits per heavy atom. The highest BCUT2D eigenvalue weighted by Crippen LogP contribution is 2.38. The molecule has 0 aromatic carbocycles. The lowest BCUT2D eigenvalue weighted by atomic mass is 9.94. The number of nitrogens with one attached hydrogen (secondary N) is 3. The normalized spacial score (nSPS) is 17.2. The Balaban J connectivity index is 1.59. The van der Waals surface area contributed by atoms with Crippen LogP contribution >= 0.6 is 11.3 Å². The number of anilines is 1. The first-order valence-corrected chi connectivity index (χ1v) is 10.4. The summed E-state index contributed by atoms with van der Waals surface area (Å²) in [4.78, 5) is 30.9. The van der Waals surface area contributed by atoms with Crippen molar-refractivity contribution in [2.45, 2.75) is 44.6 Å². The van der Waals surface area contributed by atoms with Crippen molar-refractivity contribution in [1.29, 1.82) is 0 Å². The Labute approximate surface area is 162 Å². The van der Waals surface area contributed by atoms with Crippen molar-refractivity contribution in [1.82, 2.24) is 15.6 Å². The zero-order valence-corrected chi connectivity index (χ0v) is 16.0. The quantitative estimate of drug-likeness (QED) is 0.757. The number of hydrogen-bond donors (Lipinski definition) is 3. The minimum Gasteiger partial charge on any atom is -0.349 e. The average Bonchev–Trinajstić information content (AvgIpc) is 3.07. The van der Waals surface area contributed by atoms with Gasteiger partial charge >= 0.3 is 0 Å². The average molecular weight is 385 g/mol. The standard InChI is InChI=1S/C20H24N4O2S/c25-18(13-4-3-9-22-12-13)24-20-17(15-5-1-2-6-16(15)27-20)19(26)23-14-7-10-21-11-8-14/h3-4,9,12,14,21H,1-2,5-8,10-11H2,(H,23,26)(H,24,25). The molecule has 0 atom stereocenters. The van der Waals surface area contributed by atoms with Gasteiger partial charge in [0.25, 0.3) is 11.8 Å². The van der Waals surface area contributed by atoms with E-state index < -0.39 is 0 Å². The van der Waals surface area contributed by atoms with Crippen molar-refractivity contribution in [3.63, 3.8) is 0 Å². The van der Waals surface area contributed by atoms with Crippen LogP contribution in [-0.4, -0.2) is 35.9 Å². The molecule has 0 spiro atoms. The second-order valence-electron chi connectivity index (χ2n) is 7.11. The molecular formula is C20H24N4O2S. The predicted octanol–water partition coefficient (Wildman–Crippen LogP) is 2.76. The van der Waals surface area contributed by atoms with E-state index in [-0.39, 0.29) is 17.9 Å². The third-order valence-electron chi connectivity index (χ3n) is 5.22. The molecule has 0 saturated carbocycles. The molecule has 0 bridgehead atoms. The predicted molar refractivity (Wildman–Crippen MR) is 107 cm³/mol. The van der Waals surface area contributed by atoms with Crippen molar-refractivity contribution in [3.8, 4) is 0 Å². The molecule has 0 unspecified atom stereocenters. The number of hydrogen-bond acceptors (Lipinski definition) is 5. The molecule has 7 heteroatoms. The monoisotopic (exact) mass is 384 g/mol. The van der Waals surface area contributed by atoms with Gasteiger partial charge in [0.05, 0.1) is 11.1 Å². The van der Waals surface area contributed by atoms with E-state index in [1.165, 1.54) is 11.1 Å². The highest BCUT2D eigenvalue weighted by atomic mass is 32.1. The van der Waals surface area contributed by atoms with Crippen LogP contribution in [0.1, 0.15) is 56.8 Å². The number of piperidine rings is 1. The first-order valence-electron chi connectivity index (χ1n) is 9.60. The van der Waals surface area contributed by atoms with Crippen LogP contribution in [0.3, 0.4) is 0 Å². The summed E-state index contributed by atoms with van der Waals surface area (Å²) < 4.78 is 0. The van der Waals surface area contributed by atoms with Crippen LogP contribution in [0.2, 0.25) is 0 Å². The van der Waals surface area contributed by atoms with E-state index in [1.54, 1.807) is 29.7 Å². The Kier molecular flexibility index (Phi) is 5.50. The van der Waals surface area contributed by atoms with Crippen molar-refractivity contribution in [3.05, 3.63) is 46.1 Å². The lowest BCUT2D eigenvalue weighted by Crippen LogP contribution is -2.43. The van der Waals surface area contributed by atoms with Crippen LogP contribution in [0.4, 0.5) is 5.00 Å². The largest absolute Gasteiger partial charge is 0.349 e. The van der Waals surface area contributed by atoms with E-state index >= 15 is 0 Å². The highest BCUT2D eigenvalue weighted by Gasteiger charge is 2.28. The maximum absolute atomic E-state index is 13.1. The van der Waals surface area contributed by atoms with Crippen LogP contribution < -0.4 is 16.0 Å². The molecule has 27 heavy (non-hydrogen) atoms. The molecule has 1 aliphatic carbocycles. The number of amides is 2. The molecule has 2 aromatic heterocycles. The molecule has 1 saturated heterocycles. The van der Waals surface area contributed by atoms with Crippen molar-refractivity contribution in [2.75, 3.05) is 18.4 Å². The van der Waals surface area contributed by atoms with E-state index in [9.17, 15) is 9.59 Å². The van der Waals surface area contributed by atoms with Crippen LogP contribution in [-0.2, 0) is 12.8 Å². The van der Waals surface area contributed by atoms with Gasteiger partial charge in [0.2, 0.25) is 0 Å². The third-order valence-corrected chi connectivity index (χ3v) is 6.43. The molecule has 1 aliphatic heterocycles. The summed E-state index contributed by atoms with van der Waals surface area (Å²) in [7, 11) is 0. The number of nitrogens with zero attached hydrogens (tertiary/aromatic N) is 1. The van der Waals surface area contributed by atoms with E-state index in [2.05, 4.69) is 20.9 Å². The van der Waals surface area contributed by atoms with E-state index in [0.29, 0.717) is 16.1 Å². The Morgan fingerprint density at radius 1 is 1.15 bits per heavy atom. The van der Waals surface area contributed by atoms with Crippen LogP contribution in [0.5, 0.6) is 0 Å². The van der Waals surface area contributed by atoms with Gasteiger partial charge in [0.1, 0.15) is 5.00 Å². The fourth-order valence-corrected chi connectivity index (χ4v) is 5.07. The van der Waals surface area contributed by atoms with Gasteiger partial charge in [-0.15, -0.1) is 11.3 Å². The van der Waals surface area contributed by atoms with Gasteiger partial charge in [-0.25, -0.2) is 0 Å². The van der Waals surface area contributed by atoms with Gasteiger partial charge in [-0.3, -0.25) is 14.6 Å². The lowest BCUT2D eigenvalue weighted by Gasteiger charge is -2.24. The molecule has 6 nitrogen and oxygen atoms in total. The van der Waals surface area contributed by atoms with Crippen molar-refractivity contribution in [2.24, 2.45) is 0 Å². The molecule has 2 aliphatic rings. The second-order valence-corrected chi connectivity index (χ2v) is 8.21. The minimum absolute atomic E-state index is 0.0530. The molecule has 1 fully saturated rings. The summed E-state index contributed by atoms with van der Waals surface area (Å²) in [6, 6.07) is 3.66. The van der Waals surface area contributed by atoms with Gasteiger partial charge in [-0.2, -0.15) is 0 Å². The Hall–Kier alpha value is -2.25. The molecule has 4 rings (SSSR count). The van der Waals surface area contributed by atoms with Gasteiger partial charge in [-0.1, -0.05) is 0 Å². The number of carbonyl (C=O) groups is 2. The van der Waals surface area contributed by atoms with Gasteiger partial charge in [-0.05, 0) is 69.3 Å². The number of aromatic nitrogens is 1. The number of fused-ring (bicyclic) bond motifs is 1. The number of thiophene rings is 1. The number of aryl methyl sites for hydroxylation is 1. The molecule has 2 aromatic rings. The van der Waals surface area contributed by atoms with Gasteiger partial charge in [0.15, 0.2) is 0 Å². The molecular weight excluding hydrogens is 360 g/mol. The zero-order valence-electron chi connectivity index (χ0n) is 15.2. The second kappa shape index (κ2) is 8.19.